The van der Waals surface area contributed by atoms with Crippen LogP contribution in [-0.4, -0.2) is 68.7 Å². The number of benzene rings is 2. The van der Waals surface area contributed by atoms with Gasteiger partial charge in [0.1, 0.15) is 6.54 Å². The summed E-state index contributed by atoms with van der Waals surface area (Å²) in [7, 11) is 1.82. The summed E-state index contributed by atoms with van der Waals surface area (Å²) in [5.41, 5.74) is 3.33. The van der Waals surface area contributed by atoms with E-state index in [0.29, 0.717) is 35.3 Å². The van der Waals surface area contributed by atoms with Gasteiger partial charge < -0.3 is 24.3 Å². The Hall–Kier alpha value is -4.52. The molecule has 9 nitrogen and oxygen atoms in total. The molecule has 0 aliphatic carbocycles. The number of fused-ring (bicyclic) bond motifs is 2. The highest BCUT2D eigenvalue weighted by Gasteiger charge is 2.31. The van der Waals surface area contributed by atoms with Crippen LogP contribution in [0.25, 0.3) is 33.3 Å². The zero-order valence-electron chi connectivity index (χ0n) is 22.8. The average molecular weight is 582 g/mol. The van der Waals surface area contributed by atoms with E-state index in [0.717, 1.165) is 21.0 Å². The lowest BCUT2D eigenvalue weighted by atomic mass is 10.1. The first-order valence-corrected chi connectivity index (χ1v) is 13.3. The van der Waals surface area contributed by atoms with Gasteiger partial charge in [0.2, 0.25) is 11.7 Å². The van der Waals surface area contributed by atoms with Crippen molar-refractivity contribution < 1.29 is 26.9 Å². The summed E-state index contributed by atoms with van der Waals surface area (Å²) in [5.74, 6) is -0.436. The number of piperidine rings is 1. The van der Waals surface area contributed by atoms with Gasteiger partial charge in [0.25, 0.3) is 5.91 Å². The Morgan fingerprint density at radius 2 is 2.05 bits per heavy atom. The van der Waals surface area contributed by atoms with Crippen molar-refractivity contribution in [3.8, 4) is 11.5 Å². The summed E-state index contributed by atoms with van der Waals surface area (Å²) in [6.07, 6.45) is -3.53. The summed E-state index contributed by atoms with van der Waals surface area (Å²) >= 11 is 0. The number of H-pyrrole nitrogens is 1. The van der Waals surface area contributed by atoms with Gasteiger partial charge in [-0.1, -0.05) is 17.3 Å². The van der Waals surface area contributed by atoms with Crippen molar-refractivity contribution in [2.24, 2.45) is 4.99 Å². The summed E-state index contributed by atoms with van der Waals surface area (Å²) in [6.45, 7) is 1.38. The van der Waals surface area contributed by atoms with Crippen molar-refractivity contribution in [1.29, 1.82) is 0 Å². The Morgan fingerprint density at radius 1 is 1.21 bits per heavy atom. The number of carbonyl (C=O) groups is 1. The molecule has 0 bridgehead atoms. The van der Waals surface area contributed by atoms with Crippen LogP contribution in [0, 0.1) is 6.92 Å². The first kappa shape index (κ1) is 27.6. The number of carbonyl (C=O) groups excluding carboxylic acids is 1. The standard InChI is InChI=1S/C29H27F4N7O2/c1-16-12-34-23-10-17(6-7-18(16)23)28(41)35-13-26-37-27(38-42-26)25-11-19-21(36-22-8-9-39(2)14-20(22)30)4-3-5-24(19)40(25)15-29(31,32)33/h3-7,10-12,20,34H,8-9,13-15H2,1-2H3,(H,35,41)/b36-22+/t20-/m0/s1. The molecule has 5 aromatic rings. The highest BCUT2D eigenvalue weighted by molar-refractivity contribution is 6.00. The number of aromatic nitrogens is 4. The largest absolute Gasteiger partial charge is 0.406 e. The molecule has 13 heteroatoms. The Balaban J connectivity index is 1.28. The van der Waals surface area contributed by atoms with E-state index in [2.05, 4.69) is 25.4 Å². The number of hydrogen-bond donors (Lipinski definition) is 2. The smallest absolute Gasteiger partial charge is 0.361 e. The number of alkyl halides is 4. The molecule has 1 aliphatic heterocycles. The van der Waals surface area contributed by atoms with Gasteiger partial charge in [-0.05, 0) is 49.9 Å². The van der Waals surface area contributed by atoms with E-state index >= 15 is 0 Å². The van der Waals surface area contributed by atoms with Crippen LogP contribution in [0.4, 0.5) is 23.2 Å². The van der Waals surface area contributed by atoms with Gasteiger partial charge in [-0.3, -0.25) is 9.79 Å². The van der Waals surface area contributed by atoms with E-state index in [1.807, 2.05) is 31.1 Å². The van der Waals surface area contributed by atoms with Gasteiger partial charge in [-0.25, -0.2) is 4.39 Å². The molecule has 6 rings (SSSR count). The first-order valence-electron chi connectivity index (χ1n) is 13.3. The molecule has 4 heterocycles. The summed E-state index contributed by atoms with van der Waals surface area (Å²) in [6, 6.07) is 11.5. The third kappa shape index (κ3) is 5.51. The maximum Gasteiger partial charge on any atom is 0.406 e. The Kier molecular flexibility index (Phi) is 7.05. The quantitative estimate of drug-likeness (QED) is 0.250. The molecule has 0 radical (unpaired) electrons. The van der Waals surface area contributed by atoms with E-state index in [9.17, 15) is 22.4 Å². The lowest BCUT2D eigenvalue weighted by molar-refractivity contribution is -0.139. The van der Waals surface area contributed by atoms with Gasteiger partial charge in [0.15, 0.2) is 6.17 Å². The number of aliphatic imine (C=N–C) groups is 1. The molecule has 0 unspecified atom stereocenters. The number of likely N-dealkylation sites (tertiary alicyclic amines) is 1. The SMILES string of the molecule is Cc1c[nH]c2cc(C(=O)NCc3nc(-c4cc5c(/N=C6\CCN(C)C[C@@H]6F)cccc5n4CC(F)(F)F)no3)ccc12. The minimum atomic E-state index is -4.54. The van der Waals surface area contributed by atoms with Crippen LogP contribution in [0.1, 0.15) is 28.2 Å². The van der Waals surface area contributed by atoms with Crippen molar-refractivity contribution >= 4 is 39.1 Å². The van der Waals surface area contributed by atoms with E-state index in [-0.39, 0.29) is 41.9 Å². The second-order valence-electron chi connectivity index (χ2n) is 10.5. The van der Waals surface area contributed by atoms with E-state index in [1.165, 1.54) is 6.07 Å². The van der Waals surface area contributed by atoms with E-state index in [4.69, 9.17) is 4.52 Å². The van der Waals surface area contributed by atoms with Crippen molar-refractivity contribution in [1.82, 2.24) is 29.9 Å². The minimum absolute atomic E-state index is 0.0195. The predicted octanol–water partition coefficient (Wildman–Crippen LogP) is 5.72. The number of hydrogen-bond acceptors (Lipinski definition) is 6. The highest BCUT2D eigenvalue weighted by Crippen LogP contribution is 2.36. The number of amides is 1. The first-order chi connectivity index (χ1) is 20.1. The average Bonchev–Trinajstić information content (AvgIpc) is 3.66. The fraction of sp³-hybridized carbons (Fsp3) is 0.310. The van der Waals surface area contributed by atoms with Gasteiger partial charge in [-0.2, -0.15) is 18.2 Å². The van der Waals surface area contributed by atoms with Crippen LogP contribution in [0.15, 0.2) is 58.2 Å². The normalized spacial score (nSPS) is 17.5. The highest BCUT2D eigenvalue weighted by atomic mass is 19.4. The number of aromatic amines is 1. The van der Waals surface area contributed by atoms with Crippen LogP contribution in [0.2, 0.25) is 0 Å². The van der Waals surface area contributed by atoms with Crippen molar-refractivity contribution in [2.75, 3.05) is 20.1 Å². The summed E-state index contributed by atoms with van der Waals surface area (Å²) in [4.78, 5) is 26.5. The van der Waals surface area contributed by atoms with E-state index < -0.39 is 18.9 Å². The molecule has 42 heavy (non-hydrogen) atoms. The molecule has 2 N–H and O–H groups in total. The van der Waals surface area contributed by atoms with Crippen LogP contribution in [0.3, 0.4) is 0 Å². The molecule has 218 valence electrons. The molecule has 1 amide bonds. The number of rotatable bonds is 6. The molecule has 1 saturated heterocycles. The lowest BCUT2D eigenvalue weighted by Gasteiger charge is -2.26. The molecular formula is C29H27F4N7O2. The second-order valence-corrected chi connectivity index (χ2v) is 10.5. The topological polar surface area (TPSA) is 104 Å². The fourth-order valence-electron chi connectivity index (χ4n) is 5.22. The van der Waals surface area contributed by atoms with Gasteiger partial charge >= 0.3 is 6.18 Å². The molecule has 1 fully saturated rings. The van der Waals surface area contributed by atoms with E-state index in [1.54, 1.807) is 30.3 Å². The lowest BCUT2D eigenvalue weighted by Crippen LogP contribution is -2.39. The van der Waals surface area contributed by atoms with Crippen LogP contribution in [0.5, 0.6) is 0 Å². The van der Waals surface area contributed by atoms with Crippen molar-refractivity contribution in [3.05, 3.63) is 65.7 Å². The van der Waals surface area contributed by atoms with Gasteiger partial charge in [0.05, 0.1) is 29.2 Å². The fourth-order valence-corrected chi connectivity index (χ4v) is 5.22. The summed E-state index contributed by atoms with van der Waals surface area (Å²) in [5, 5.41) is 8.02. The number of nitrogens with zero attached hydrogens (tertiary/aromatic N) is 5. The molecule has 1 atom stereocenters. The molecule has 0 spiro atoms. The predicted molar refractivity (Wildman–Crippen MR) is 150 cm³/mol. The molecule has 3 aromatic heterocycles. The Bertz CT molecular complexity index is 1820. The maximum absolute atomic E-state index is 14.7. The van der Waals surface area contributed by atoms with Gasteiger partial charge in [-0.15, -0.1) is 0 Å². The zero-order valence-corrected chi connectivity index (χ0v) is 22.8. The second kappa shape index (κ2) is 10.7. The minimum Gasteiger partial charge on any atom is -0.361 e. The Labute approximate surface area is 237 Å². The molecular weight excluding hydrogens is 554 g/mol. The Morgan fingerprint density at radius 3 is 2.83 bits per heavy atom. The third-order valence-corrected chi connectivity index (χ3v) is 7.36. The molecule has 1 aliphatic rings. The third-order valence-electron chi connectivity index (χ3n) is 7.36. The molecule has 0 saturated carbocycles. The van der Waals surface area contributed by atoms with Crippen molar-refractivity contribution in [2.45, 2.75) is 38.8 Å². The van der Waals surface area contributed by atoms with Crippen LogP contribution in [-0.2, 0) is 13.1 Å². The monoisotopic (exact) mass is 581 g/mol. The van der Waals surface area contributed by atoms with Gasteiger partial charge in [0, 0.05) is 47.6 Å². The van der Waals surface area contributed by atoms with Crippen LogP contribution >= 0.6 is 0 Å². The number of aryl methyl sites for hydroxylation is 1. The maximum atomic E-state index is 14.7. The number of halogens is 4. The zero-order chi connectivity index (χ0) is 29.6. The molecule has 2 aromatic carbocycles. The van der Waals surface area contributed by atoms with Crippen molar-refractivity contribution in [3.63, 3.8) is 0 Å². The number of nitrogens with one attached hydrogen (secondary N) is 2. The van der Waals surface area contributed by atoms with Crippen LogP contribution < -0.4 is 5.32 Å². The summed E-state index contributed by atoms with van der Waals surface area (Å²) < 4.78 is 62.0.